The van der Waals surface area contributed by atoms with E-state index in [1.165, 1.54) is 0 Å². The molecule has 162 valence electrons. The van der Waals surface area contributed by atoms with Crippen LogP contribution < -0.4 is 10.6 Å². The van der Waals surface area contributed by atoms with Crippen LogP contribution in [0.3, 0.4) is 0 Å². The third-order valence-corrected chi connectivity index (χ3v) is 7.06. The van der Waals surface area contributed by atoms with Crippen molar-refractivity contribution in [3.63, 3.8) is 0 Å². The fraction of sp³-hybridized carbons (Fsp3) is 0.0769. The van der Waals surface area contributed by atoms with E-state index in [1.54, 1.807) is 0 Å². The lowest BCUT2D eigenvalue weighted by atomic mass is 9.92. The lowest BCUT2D eigenvalue weighted by Gasteiger charge is -2.32. The first-order valence-corrected chi connectivity index (χ1v) is 12.6. The molecule has 0 spiro atoms. The number of para-hydroxylation sites is 2. The molecule has 0 aromatic heterocycles. The summed E-state index contributed by atoms with van der Waals surface area (Å²) in [4.78, 5) is 1.80. The largest absolute Gasteiger partial charge is 0.375 e. The van der Waals surface area contributed by atoms with Crippen LogP contribution in [-0.2, 0) is 0 Å². The minimum absolute atomic E-state index is 0.0782. The van der Waals surface area contributed by atoms with Gasteiger partial charge in [0.05, 0.1) is 12.1 Å². The average Bonchev–Trinajstić information content (AvgIpc) is 2.80. The molecule has 0 aliphatic rings. The van der Waals surface area contributed by atoms with Gasteiger partial charge in [0.1, 0.15) is 0 Å². The van der Waals surface area contributed by atoms with E-state index >= 15 is 0 Å². The lowest BCUT2D eigenvalue weighted by Crippen LogP contribution is -2.26. The van der Waals surface area contributed by atoms with E-state index in [9.17, 15) is 0 Å². The van der Waals surface area contributed by atoms with Crippen LogP contribution in [0.25, 0.3) is 0 Å². The van der Waals surface area contributed by atoms with Crippen molar-refractivity contribution >= 4 is 68.5 Å². The van der Waals surface area contributed by atoms with Gasteiger partial charge >= 0.3 is 0 Å². The number of benzene rings is 4. The van der Waals surface area contributed by atoms with Crippen molar-refractivity contribution in [2.24, 2.45) is 0 Å². The van der Waals surface area contributed by atoms with Crippen LogP contribution in [0.1, 0.15) is 23.2 Å². The number of hydrogen-bond acceptors (Lipinski definition) is 4. The number of nitrogens with one attached hydrogen (secondary N) is 2. The molecule has 6 heteroatoms. The smallest absolute Gasteiger partial charge is 0.0757 e. The molecule has 0 heterocycles. The molecule has 0 radical (unpaired) electrons. The maximum absolute atomic E-state index is 4.68. The highest BCUT2D eigenvalue weighted by Gasteiger charge is 2.26. The molecule has 4 aromatic rings. The first kappa shape index (κ1) is 23.3. The molecule has 0 saturated carbocycles. The molecule has 2 nitrogen and oxygen atoms in total. The Morgan fingerprint density at radius 2 is 0.844 bits per heavy atom. The van der Waals surface area contributed by atoms with Crippen molar-refractivity contribution in [3.8, 4) is 0 Å². The van der Waals surface area contributed by atoms with Gasteiger partial charge in [-0.2, -0.15) is 0 Å². The second-order valence-electron chi connectivity index (χ2n) is 7.38. The first-order chi connectivity index (χ1) is 15.5. The van der Waals surface area contributed by atoms with Gasteiger partial charge in [0.2, 0.25) is 0 Å². The monoisotopic (exact) mass is 584 g/mol. The summed E-state index contributed by atoms with van der Waals surface area (Å²) in [5.74, 6) is 0. The molecule has 32 heavy (non-hydrogen) atoms. The molecular weight excluding hydrogens is 564 g/mol. The normalized spacial score (nSPS) is 12.8. The fourth-order valence-corrected chi connectivity index (χ4v) is 4.56. The summed E-state index contributed by atoms with van der Waals surface area (Å²) in [6, 6.07) is 32.8. The lowest BCUT2D eigenvalue weighted by molar-refractivity contribution is 0.647. The van der Waals surface area contributed by atoms with Crippen molar-refractivity contribution in [1.29, 1.82) is 0 Å². The zero-order valence-electron chi connectivity index (χ0n) is 17.0. The minimum atomic E-state index is -0.0782. The quantitative estimate of drug-likeness (QED) is 0.163. The summed E-state index contributed by atoms with van der Waals surface area (Å²) < 4.78 is 2.09. The molecule has 2 atom stereocenters. The van der Waals surface area contributed by atoms with Crippen LogP contribution in [0, 0.1) is 0 Å². The Balaban J connectivity index is 1.82. The molecule has 0 fully saturated rings. The number of rotatable bonds is 7. The molecule has 0 aliphatic carbocycles. The highest BCUT2D eigenvalue weighted by molar-refractivity contribution is 9.10. The Kier molecular flexibility index (Phi) is 7.89. The van der Waals surface area contributed by atoms with E-state index in [4.69, 9.17) is 0 Å². The van der Waals surface area contributed by atoms with Crippen LogP contribution in [-0.4, -0.2) is 0 Å². The molecular formula is C26H22Br2N2S2. The van der Waals surface area contributed by atoms with Crippen LogP contribution in [0.4, 0.5) is 11.4 Å². The number of halogens is 2. The predicted molar refractivity (Wildman–Crippen MR) is 148 cm³/mol. The van der Waals surface area contributed by atoms with Gasteiger partial charge in [0.25, 0.3) is 0 Å². The molecule has 4 rings (SSSR count). The summed E-state index contributed by atoms with van der Waals surface area (Å²) in [7, 11) is 0. The van der Waals surface area contributed by atoms with E-state index in [0.717, 1.165) is 41.2 Å². The van der Waals surface area contributed by atoms with Gasteiger partial charge in [-0.15, -0.1) is 25.3 Å². The van der Waals surface area contributed by atoms with Crippen molar-refractivity contribution < 1.29 is 0 Å². The Hall–Kier alpha value is -1.86. The van der Waals surface area contributed by atoms with Crippen molar-refractivity contribution in [2.75, 3.05) is 10.6 Å². The molecule has 0 saturated heterocycles. The molecule has 0 amide bonds. The summed E-state index contributed by atoms with van der Waals surface area (Å²) >= 11 is 16.5. The third kappa shape index (κ3) is 5.73. The number of thiol groups is 2. The van der Waals surface area contributed by atoms with Crippen molar-refractivity contribution in [1.82, 2.24) is 0 Å². The predicted octanol–water partition coefficient (Wildman–Crippen LogP) is 8.80. The van der Waals surface area contributed by atoms with Gasteiger partial charge in [-0.1, -0.05) is 80.4 Å². The van der Waals surface area contributed by atoms with Gasteiger partial charge in [0, 0.05) is 30.1 Å². The summed E-state index contributed by atoms with van der Waals surface area (Å²) in [5, 5.41) is 7.49. The maximum atomic E-state index is 4.68. The highest BCUT2D eigenvalue weighted by atomic mass is 79.9. The summed E-state index contributed by atoms with van der Waals surface area (Å²) in [6.45, 7) is 0. The van der Waals surface area contributed by atoms with E-state index in [-0.39, 0.29) is 12.1 Å². The second kappa shape index (κ2) is 10.8. The third-order valence-electron chi connectivity index (χ3n) is 5.22. The summed E-state index contributed by atoms with van der Waals surface area (Å²) in [5.41, 5.74) is 4.27. The molecule has 2 N–H and O–H groups in total. The van der Waals surface area contributed by atoms with Gasteiger partial charge in [-0.05, 0) is 59.7 Å². The first-order valence-electron chi connectivity index (χ1n) is 10.1. The minimum Gasteiger partial charge on any atom is -0.375 e. The van der Waals surface area contributed by atoms with Crippen LogP contribution in [0.2, 0.25) is 0 Å². The van der Waals surface area contributed by atoms with E-state index in [1.807, 2.05) is 36.4 Å². The SMILES string of the molecule is Sc1ccccc1NC(c1ccc(Br)cc1)C(Nc1ccccc1S)c1ccc(Br)cc1. The zero-order valence-corrected chi connectivity index (χ0v) is 22.0. The summed E-state index contributed by atoms with van der Waals surface area (Å²) in [6.07, 6.45) is 0. The van der Waals surface area contributed by atoms with E-state index in [0.29, 0.717) is 0 Å². The van der Waals surface area contributed by atoms with Gasteiger partial charge in [-0.25, -0.2) is 0 Å². The Labute approximate surface area is 216 Å². The molecule has 0 bridgehead atoms. The van der Waals surface area contributed by atoms with Gasteiger partial charge in [0.15, 0.2) is 0 Å². The Morgan fingerprint density at radius 3 is 1.19 bits per heavy atom. The van der Waals surface area contributed by atoms with Crippen molar-refractivity contribution in [3.05, 3.63) is 117 Å². The number of hydrogen-bond donors (Lipinski definition) is 4. The van der Waals surface area contributed by atoms with E-state index in [2.05, 4.69) is 128 Å². The van der Waals surface area contributed by atoms with Crippen LogP contribution >= 0.6 is 57.1 Å². The molecule has 4 aromatic carbocycles. The Bertz CT molecular complexity index is 1090. The van der Waals surface area contributed by atoms with Gasteiger partial charge in [-0.3, -0.25) is 0 Å². The Morgan fingerprint density at radius 1 is 0.500 bits per heavy atom. The maximum Gasteiger partial charge on any atom is 0.0757 e. The fourth-order valence-electron chi connectivity index (χ4n) is 3.58. The van der Waals surface area contributed by atoms with E-state index < -0.39 is 0 Å². The zero-order chi connectivity index (χ0) is 22.5. The average molecular weight is 586 g/mol. The second-order valence-corrected chi connectivity index (χ2v) is 10.2. The molecule has 0 aliphatic heterocycles. The van der Waals surface area contributed by atoms with Gasteiger partial charge < -0.3 is 10.6 Å². The van der Waals surface area contributed by atoms with Crippen LogP contribution in [0.15, 0.2) is 116 Å². The van der Waals surface area contributed by atoms with Crippen LogP contribution in [0.5, 0.6) is 0 Å². The topological polar surface area (TPSA) is 24.1 Å². The molecule has 2 unspecified atom stereocenters. The highest BCUT2D eigenvalue weighted by Crippen LogP contribution is 2.38. The standard InChI is InChI=1S/C26H22Br2N2S2/c27-19-13-9-17(10-14-19)25(29-21-5-1-3-7-23(21)31)26(18-11-15-20(28)16-12-18)30-22-6-2-4-8-24(22)32/h1-16,25-26,29-32H. The number of anilines is 2. The van der Waals surface area contributed by atoms with Crippen molar-refractivity contribution in [2.45, 2.75) is 21.9 Å².